The van der Waals surface area contributed by atoms with Gasteiger partial charge in [-0.3, -0.25) is 19.7 Å². The van der Waals surface area contributed by atoms with Gasteiger partial charge in [0.1, 0.15) is 5.75 Å². The van der Waals surface area contributed by atoms with E-state index in [4.69, 9.17) is 10.5 Å². The van der Waals surface area contributed by atoms with Crippen molar-refractivity contribution >= 4 is 23.7 Å². The lowest BCUT2D eigenvalue weighted by Gasteiger charge is -2.04. The molecule has 0 saturated carbocycles. The number of nitrogens with two attached hydrogens (primary N) is 1. The summed E-state index contributed by atoms with van der Waals surface area (Å²) in [7, 11) is 0. The van der Waals surface area contributed by atoms with E-state index in [-0.39, 0.29) is 17.9 Å². The monoisotopic (exact) mass is 342 g/mol. The number of benzene rings is 2. The van der Waals surface area contributed by atoms with Gasteiger partial charge in [-0.15, -0.1) is 0 Å². The first-order valence-electron chi connectivity index (χ1n) is 7.05. The molecule has 0 aliphatic heterocycles. The minimum Gasteiger partial charge on any atom is -0.484 e. The Morgan fingerprint density at radius 1 is 1.24 bits per heavy atom. The zero-order valence-corrected chi connectivity index (χ0v) is 12.9. The normalized spacial score (nSPS) is 10.4. The Morgan fingerprint density at radius 2 is 2.00 bits per heavy atom. The third kappa shape index (κ3) is 5.43. The van der Waals surface area contributed by atoms with Crippen molar-refractivity contribution in [2.75, 3.05) is 6.61 Å². The van der Waals surface area contributed by atoms with Crippen LogP contribution in [0.15, 0.2) is 53.6 Å². The maximum absolute atomic E-state index is 11.9. The van der Waals surface area contributed by atoms with Crippen molar-refractivity contribution in [1.29, 1.82) is 0 Å². The number of hydrogen-bond acceptors (Lipinski definition) is 6. The van der Waals surface area contributed by atoms with Crippen LogP contribution >= 0.6 is 0 Å². The number of hydrazone groups is 1. The Balaban J connectivity index is 1.99. The van der Waals surface area contributed by atoms with E-state index in [1.54, 1.807) is 24.3 Å². The van der Waals surface area contributed by atoms with Crippen LogP contribution < -0.4 is 15.9 Å². The molecule has 0 aliphatic carbocycles. The van der Waals surface area contributed by atoms with E-state index in [9.17, 15) is 19.7 Å². The molecule has 0 aliphatic rings. The van der Waals surface area contributed by atoms with Crippen LogP contribution in [0.1, 0.15) is 15.9 Å². The maximum Gasteiger partial charge on any atom is 0.271 e. The Labute approximate surface area is 142 Å². The van der Waals surface area contributed by atoms with E-state index < -0.39 is 16.7 Å². The summed E-state index contributed by atoms with van der Waals surface area (Å²) in [6, 6.07) is 11.9. The Morgan fingerprint density at radius 3 is 2.72 bits per heavy atom. The number of ether oxygens (including phenoxy) is 1. The number of non-ortho nitro benzene ring substituents is 1. The van der Waals surface area contributed by atoms with Crippen molar-refractivity contribution in [1.82, 2.24) is 5.43 Å². The summed E-state index contributed by atoms with van der Waals surface area (Å²) in [6.45, 7) is -0.246. The van der Waals surface area contributed by atoms with Crippen molar-refractivity contribution in [3.8, 4) is 5.75 Å². The molecule has 0 heterocycles. The number of amides is 2. The quantitative estimate of drug-likeness (QED) is 0.443. The largest absolute Gasteiger partial charge is 0.484 e. The van der Waals surface area contributed by atoms with Gasteiger partial charge in [-0.1, -0.05) is 18.2 Å². The molecule has 128 valence electrons. The summed E-state index contributed by atoms with van der Waals surface area (Å²) in [5, 5.41) is 14.5. The molecule has 0 saturated heterocycles. The topological polar surface area (TPSA) is 137 Å². The Hall–Kier alpha value is -3.75. The standard InChI is InChI=1S/C16H14N4O5/c17-15(21)10-25-14-6-1-3-11(7-14)9-18-19-16(22)12-4-2-5-13(8-12)20(23)24/h1-9H,10H2,(H2,17,21)(H,19,22)/b18-9+. The van der Waals surface area contributed by atoms with Crippen molar-refractivity contribution in [3.05, 3.63) is 69.8 Å². The fourth-order valence-electron chi connectivity index (χ4n) is 1.83. The van der Waals surface area contributed by atoms with E-state index in [1.165, 1.54) is 24.4 Å². The predicted octanol–water partition coefficient (Wildman–Crippen LogP) is 1.22. The van der Waals surface area contributed by atoms with Crippen LogP contribution in [0, 0.1) is 10.1 Å². The van der Waals surface area contributed by atoms with Gasteiger partial charge in [0.15, 0.2) is 6.61 Å². The molecule has 2 rings (SSSR count). The molecule has 0 aromatic heterocycles. The van der Waals surface area contributed by atoms with Gasteiger partial charge in [0.25, 0.3) is 17.5 Å². The van der Waals surface area contributed by atoms with Gasteiger partial charge in [-0.25, -0.2) is 5.43 Å². The van der Waals surface area contributed by atoms with Crippen LogP contribution in [0.4, 0.5) is 5.69 Å². The fraction of sp³-hybridized carbons (Fsp3) is 0.0625. The van der Waals surface area contributed by atoms with Crippen molar-refractivity contribution < 1.29 is 19.2 Å². The number of hydrogen-bond donors (Lipinski definition) is 2. The maximum atomic E-state index is 11.9. The Kier molecular flexibility index (Phi) is 5.77. The molecule has 0 spiro atoms. The van der Waals surface area contributed by atoms with E-state index >= 15 is 0 Å². The lowest BCUT2D eigenvalue weighted by atomic mass is 10.2. The highest BCUT2D eigenvalue weighted by Crippen LogP contribution is 2.13. The fourth-order valence-corrected chi connectivity index (χ4v) is 1.83. The van der Waals surface area contributed by atoms with Gasteiger partial charge >= 0.3 is 0 Å². The predicted molar refractivity (Wildman–Crippen MR) is 89.3 cm³/mol. The smallest absolute Gasteiger partial charge is 0.271 e. The molecule has 0 radical (unpaired) electrons. The number of carbonyl (C=O) groups excluding carboxylic acids is 2. The average Bonchev–Trinajstić information content (AvgIpc) is 2.60. The Bertz CT molecular complexity index is 835. The zero-order valence-electron chi connectivity index (χ0n) is 12.9. The summed E-state index contributed by atoms with van der Waals surface area (Å²) in [5.74, 6) is -0.753. The van der Waals surface area contributed by atoms with Gasteiger partial charge < -0.3 is 10.5 Å². The third-order valence-electron chi connectivity index (χ3n) is 2.94. The van der Waals surface area contributed by atoms with Crippen LogP contribution in [0.25, 0.3) is 0 Å². The molecular formula is C16H14N4O5. The van der Waals surface area contributed by atoms with Gasteiger partial charge in [-0.05, 0) is 23.8 Å². The number of rotatable bonds is 7. The number of nitrogens with one attached hydrogen (secondary N) is 1. The highest BCUT2D eigenvalue weighted by atomic mass is 16.6. The minimum atomic E-state index is -0.594. The second kappa shape index (κ2) is 8.20. The van der Waals surface area contributed by atoms with E-state index in [2.05, 4.69) is 10.5 Å². The van der Waals surface area contributed by atoms with Crippen molar-refractivity contribution in [2.24, 2.45) is 10.8 Å². The van der Waals surface area contributed by atoms with Gasteiger partial charge in [-0.2, -0.15) is 5.10 Å². The number of carbonyl (C=O) groups is 2. The SMILES string of the molecule is NC(=O)COc1cccc(/C=N/NC(=O)c2cccc([N+](=O)[O-])c2)c1. The van der Waals surface area contributed by atoms with E-state index in [0.29, 0.717) is 11.3 Å². The van der Waals surface area contributed by atoms with Gasteiger partial charge in [0.2, 0.25) is 0 Å². The van der Waals surface area contributed by atoms with E-state index in [0.717, 1.165) is 6.07 Å². The van der Waals surface area contributed by atoms with Crippen LogP contribution in [0.2, 0.25) is 0 Å². The van der Waals surface area contributed by atoms with Crippen LogP contribution in [0.5, 0.6) is 5.75 Å². The second-order valence-corrected chi connectivity index (χ2v) is 4.83. The lowest BCUT2D eigenvalue weighted by Crippen LogP contribution is -2.20. The van der Waals surface area contributed by atoms with Crippen LogP contribution in [0.3, 0.4) is 0 Å². The highest BCUT2D eigenvalue weighted by Gasteiger charge is 2.10. The molecule has 2 aromatic carbocycles. The summed E-state index contributed by atoms with van der Waals surface area (Å²) in [6.07, 6.45) is 1.37. The highest BCUT2D eigenvalue weighted by molar-refractivity contribution is 5.95. The van der Waals surface area contributed by atoms with E-state index in [1.807, 2.05) is 0 Å². The molecule has 25 heavy (non-hydrogen) atoms. The number of nitro benzene ring substituents is 1. The minimum absolute atomic E-state index is 0.116. The molecule has 0 bridgehead atoms. The second-order valence-electron chi connectivity index (χ2n) is 4.83. The number of nitrogens with zero attached hydrogens (tertiary/aromatic N) is 2. The molecule has 2 aromatic rings. The van der Waals surface area contributed by atoms with Crippen molar-refractivity contribution in [2.45, 2.75) is 0 Å². The van der Waals surface area contributed by atoms with Crippen LogP contribution in [-0.4, -0.2) is 29.6 Å². The van der Waals surface area contributed by atoms with Crippen LogP contribution in [-0.2, 0) is 4.79 Å². The summed E-state index contributed by atoms with van der Waals surface area (Å²) in [4.78, 5) is 32.7. The van der Waals surface area contributed by atoms with Gasteiger partial charge in [0, 0.05) is 17.7 Å². The first-order valence-corrected chi connectivity index (χ1v) is 7.05. The summed E-state index contributed by atoms with van der Waals surface area (Å²) < 4.78 is 5.15. The zero-order chi connectivity index (χ0) is 18.2. The molecule has 0 fully saturated rings. The molecule has 3 N–H and O–H groups in total. The van der Waals surface area contributed by atoms with Gasteiger partial charge in [0.05, 0.1) is 11.1 Å². The lowest BCUT2D eigenvalue weighted by molar-refractivity contribution is -0.384. The third-order valence-corrected chi connectivity index (χ3v) is 2.94. The average molecular weight is 342 g/mol. The molecule has 0 atom stereocenters. The number of nitro groups is 1. The summed E-state index contributed by atoms with van der Waals surface area (Å²) in [5.41, 5.74) is 7.82. The molecule has 9 nitrogen and oxygen atoms in total. The number of primary amides is 1. The molecule has 9 heteroatoms. The summed E-state index contributed by atoms with van der Waals surface area (Å²) >= 11 is 0. The molecule has 0 unspecified atom stereocenters. The first kappa shape index (κ1) is 17.6. The first-order chi connectivity index (χ1) is 12.0. The molecule has 2 amide bonds. The molecular weight excluding hydrogens is 328 g/mol. The van der Waals surface area contributed by atoms with Crippen molar-refractivity contribution in [3.63, 3.8) is 0 Å².